The zero-order chi connectivity index (χ0) is 16.4. The van der Waals surface area contributed by atoms with E-state index in [1.807, 2.05) is 53.1 Å². The van der Waals surface area contributed by atoms with Gasteiger partial charge >= 0.3 is 6.01 Å². The molecule has 5 heteroatoms. The van der Waals surface area contributed by atoms with E-state index in [9.17, 15) is 0 Å². The molecule has 0 radical (unpaired) electrons. The van der Waals surface area contributed by atoms with Crippen molar-refractivity contribution in [1.29, 1.82) is 0 Å². The first-order chi connectivity index (χ1) is 11.8. The van der Waals surface area contributed by atoms with E-state index in [2.05, 4.69) is 27.1 Å². The van der Waals surface area contributed by atoms with Gasteiger partial charge in [-0.1, -0.05) is 60.7 Å². The van der Waals surface area contributed by atoms with Crippen molar-refractivity contribution in [3.05, 3.63) is 72.6 Å². The highest BCUT2D eigenvalue weighted by Crippen LogP contribution is 2.27. The molecule has 0 aliphatic heterocycles. The third-order valence-electron chi connectivity index (χ3n) is 3.87. The number of imidazole rings is 1. The third kappa shape index (κ3) is 2.60. The Balaban J connectivity index is 1.87. The summed E-state index contributed by atoms with van der Waals surface area (Å²) in [6, 6.07) is 20.5. The minimum atomic E-state index is 0.344. The molecule has 0 spiro atoms. The summed E-state index contributed by atoms with van der Waals surface area (Å²) in [6.07, 6.45) is 1.80. The van der Waals surface area contributed by atoms with Crippen molar-refractivity contribution in [2.24, 2.45) is 0 Å². The number of nitrogens with zero attached hydrogens (tertiary/aromatic N) is 4. The normalized spacial score (nSPS) is 10.9. The molecular formula is C19H16N4O. The number of fused-ring (bicyclic) bond motifs is 1. The maximum Gasteiger partial charge on any atom is 0.318 e. The number of benzene rings is 2. The van der Waals surface area contributed by atoms with Gasteiger partial charge in [0.25, 0.3) is 0 Å². The van der Waals surface area contributed by atoms with E-state index in [1.165, 1.54) is 5.56 Å². The van der Waals surface area contributed by atoms with E-state index in [1.54, 1.807) is 13.4 Å². The molecule has 24 heavy (non-hydrogen) atoms. The molecule has 0 atom stereocenters. The quantitative estimate of drug-likeness (QED) is 0.578. The van der Waals surface area contributed by atoms with Crippen LogP contribution in [0.25, 0.3) is 22.4 Å². The molecule has 0 aliphatic rings. The molecule has 0 amide bonds. The van der Waals surface area contributed by atoms with Gasteiger partial charge in [-0.2, -0.15) is 9.97 Å². The Labute approximate surface area is 139 Å². The highest BCUT2D eigenvalue weighted by molar-refractivity contribution is 5.87. The van der Waals surface area contributed by atoms with Gasteiger partial charge in [0.15, 0.2) is 5.65 Å². The summed E-state index contributed by atoms with van der Waals surface area (Å²) in [5, 5.41) is 0. The fraction of sp³-hybridized carbons (Fsp3) is 0.105. The highest BCUT2D eigenvalue weighted by atomic mass is 16.5. The number of aromatic nitrogens is 4. The average molecular weight is 316 g/mol. The topological polar surface area (TPSA) is 52.8 Å². The Morgan fingerprint density at radius 1 is 0.917 bits per heavy atom. The molecule has 118 valence electrons. The lowest BCUT2D eigenvalue weighted by atomic mass is 10.1. The first kappa shape index (κ1) is 14.4. The molecule has 0 aliphatic carbocycles. The van der Waals surface area contributed by atoms with Crippen molar-refractivity contribution < 1.29 is 4.74 Å². The average Bonchev–Trinajstić information content (AvgIpc) is 3.05. The lowest BCUT2D eigenvalue weighted by Gasteiger charge is -2.07. The Kier molecular flexibility index (Phi) is 3.67. The molecule has 0 fully saturated rings. The molecule has 0 bridgehead atoms. The zero-order valence-corrected chi connectivity index (χ0v) is 13.3. The molecule has 0 saturated carbocycles. The monoisotopic (exact) mass is 316 g/mol. The van der Waals surface area contributed by atoms with Gasteiger partial charge in [0.1, 0.15) is 11.2 Å². The van der Waals surface area contributed by atoms with Gasteiger partial charge in [0.05, 0.1) is 20.0 Å². The van der Waals surface area contributed by atoms with Crippen molar-refractivity contribution >= 4 is 11.2 Å². The maximum absolute atomic E-state index is 5.30. The predicted octanol–water partition coefficient (Wildman–Crippen LogP) is 3.55. The molecule has 0 unspecified atom stereocenters. The number of ether oxygens (including phenoxy) is 1. The molecule has 4 rings (SSSR count). The molecule has 2 aromatic heterocycles. The van der Waals surface area contributed by atoms with Crippen LogP contribution in [0.5, 0.6) is 6.01 Å². The summed E-state index contributed by atoms with van der Waals surface area (Å²) in [7, 11) is 1.58. The molecule has 2 heterocycles. The molecule has 4 aromatic rings. The van der Waals surface area contributed by atoms with Crippen LogP contribution in [0, 0.1) is 0 Å². The van der Waals surface area contributed by atoms with E-state index in [0.717, 1.165) is 22.4 Å². The van der Waals surface area contributed by atoms with Crippen LogP contribution in [0.2, 0.25) is 0 Å². The largest absolute Gasteiger partial charge is 0.467 e. The number of hydrogen-bond acceptors (Lipinski definition) is 4. The van der Waals surface area contributed by atoms with Gasteiger partial charge < -0.3 is 9.30 Å². The SMILES string of the molecule is COc1nc(-c2ccccc2)c2ncn(Cc3ccccc3)c2n1. The third-order valence-corrected chi connectivity index (χ3v) is 3.87. The second-order valence-electron chi connectivity index (χ2n) is 5.46. The Morgan fingerprint density at radius 2 is 1.62 bits per heavy atom. The molecular weight excluding hydrogens is 300 g/mol. The number of hydrogen-bond donors (Lipinski definition) is 0. The lowest BCUT2D eigenvalue weighted by Crippen LogP contribution is -2.02. The van der Waals surface area contributed by atoms with Crippen LogP contribution in [0.1, 0.15) is 5.56 Å². The van der Waals surface area contributed by atoms with Gasteiger partial charge in [-0.3, -0.25) is 0 Å². The summed E-state index contributed by atoms with van der Waals surface area (Å²) < 4.78 is 7.31. The Hall–Kier alpha value is -3.21. The maximum atomic E-state index is 5.30. The number of methoxy groups -OCH3 is 1. The van der Waals surface area contributed by atoms with Gasteiger partial charge in [-0.15, -0.1) is 0 Å². The Bertz CT molecular complexity index is 965. The van der Waals surface area contributed by atoms with E-state index in [4.69, 9.17) is 4.74 Å². The molecule has 5 nitrogen and oxygen atoms in total. The van der Waals surface area contributed by atoms with Gasteiger partial charge in [0, 0.05) is 5.56 Å². The predicted molar refractivity (Wildman–Crippen MR) is 92.9 cm³/mol. The van der Waals surface area contributed by atoms with E-state index in [0.29, 0.717) is 12.6 Å². The summed E-state index contributed by atoms with van der Waals surface area (Å²) in [5.41, 5.74) is 4.51. The van der Waals surface area contributed by atoms with E-state index >= 15 is 0 Å². The van der Waals surface area contributed by atoms with Crippen molar-refractivity contribution in [2.45, 2.75) is 6.54 Å². The van der Waals surface area contributed by atoms with Crippen LogP contribution in [0.15, 0.2) is 67.0 Å². The second-order valence-corrected chi connectivity index (χ2v) is 5.46. The number of rotatable bonds is 4. The standard InChI is InChI=1S/C19H16N4O/c1-24-19-21-16(15-10-6-3-7-11-15)17-18(22-19)23(13-20-17)12-14-8-4-2-5-9-14/h2-11,13H,12H2,1H3. The summed E-state index contributed by atoms with van der Waals surface area (Å²) in [6.45, 7) is 0.700. The second kappa shape index (κ2) is 6.12. The smallest absolute Gasteiger partial charge is 0.318 e. The van der Waals surface area contributed by atoms with Gasteiger partial charge in [0.2, 0.25) is 0 Å². The zero-order valence-electron chi connectivity index (χ0n) is 13.3. The molecule has 0 saturated heterocycles. The Morgan fingerprint density at radius 3 is 2.33 bits per heavy atom. The van der Waals surface area contributed by atoms with Crippen LogP contribution in [0.4, 0.5) is 0 Å². The fourth-order valence-electron chi connectivity index (χ4n) is 2.71. The van der Waals surface area contributed by atoms with Crippen molar-refractivity contribution in [3.63, 3.8) is 0 Å². The van der Waals surface area contributed by atoms with E-state index in [-0.39, 0.29) is 0 Å². The minimum Gasteiger partial charge on any atom is -0.467 e. The molecule has 2 aromatic carbocycles. The summed E-state index contributed by atoms with van der Waals surface area (Å²) in [5.74, 6) is 0. The van der Waals surface area contributed by atoms with Crippen molar-refractivity contribution in [2.75, 3.05) is 7.11 Å². The van der Waals surface area contributed by atoms with Crippen LogP contribution in [-0.2, 0) is 6.54 Å². The first-order valence-electron chi connectivity index (χ1n) is 7.71. The van der Waals surface area contributed by atoms with E-state index < -0.39 is 0 Å². The summed E-state index contributed by atoms with van der Waals surface area (Å²) in [4.78, 5) is 13.6. The van der Waals surface area contributed by atoms with Crippen LogP contribution < -0.4 is 4.74 Å². The first-order valence-corrected chi connectivity index (χ1v) is 7.71. The summed E-state index contributed by atoms with van der Waals surface area (Å²) >= 11 is 0. The van der Waals surface area contributed by atoms with Crippen LogP contribution in [0.3, 0.4) is 0 Å². The highest BCUT2D eigenvalue weighted by Gasteiger charge is 2.15. The van der Waals surface area contributed by atoms with Crippen LogP contribution in [-0.4, -0.2) is 26.6 Å². The van der Waals surface area contributed by atoms with Crippen LogP contribution >= 0.6 is 0 Å². The fourth-order valence-corrected chi connectivity index (χ4v) is 2.71. The minimum absolute atomic E-state index is 0.344. The lowest BCUT2D eigenvalue weighted by molar-refractivity contribution is 0.381. The molecule has 0 N–H and O–H groups in total. The van der Waals surface area contributed by atoms with Crippen molar-refractivity contribution in [1.82, 2.24) is 19.5 Å². The van der Waals surface area contributed by atoms with Gasteiger partial charge in [-0.25, -0.2) is 4.98 Å². The van der Waals surface area contributed by atoms with Crippen molar-refractivity contribution in [3.8, 4) is 17.3 Å². The van der Waals surface area contributed by atoms with Gasteiger partial charge in [-0.05, 0) is 5.56 Å².